The van der Waals surface area contributed by atoms with Gasteiger partial charge in [0.15, 0.2) is 41.0 Å². The minimum atomic E-state index is -2.49. The third kappa shape index (κ3) is 26.0. The Morgan fingerprint density at radius 1 is 0.548 bits per heavy atom. The molecule has 0 saturated carbocycles. The lowest BCUT2D eigenvalue weighted by Gasteiger charge is -2.47. The molecule has 0 spiro atoms. The lowest BCUT2D eigenvalue weighted by Crippen LogP contribution is -2.58. The Kier molecular flexibility index (Phi) is 34.0. The highest BCUT2D eigenvalue weighted by atomic mass is 16.7. The van der Waals surface area contributed by atoms with Crippen LogP contribution in [0.1, 0.15) is 187 Å². The van der Waals surface area contributed by atoms with Crippen molar-refractivity contribution in [3.63, 3.8) is 0 Å². The number of ketones is 6. The van der Waals surface area contributed by atoms with Crippen molar-refractivity contribution in [1.29, 1.82) is 0 Å². The number of benzene rings is 7. The summed E-state index contributed by atoms with van der Waals surface area (Å²) in [6.45, 7) is 7.04. The lowest BCUT2D eigenvalue weighted by atomic mass is 9.67. The molecule has 1 heterocycles. The summed E-state index contributed by atoms with van der Waals surface area (Å²) in [5, 5.41) is 70.7. The molecule has 31 nitrogen and oxygen atoms in total. The zero-order chi connectivity index (χ0) is 90.9. The van der Waals surface area contributed by atoms with E-state index in [0.717, 1.165) is 5.56 Å². The number of alkyl carbamates (subject to hydrolysis) is 2. The number of carbonyl (C=O) groups is 14. The van der Waals surface area contributed by atoms with Gasteiger partial charge in [0.2, 0.25) is 17.7 Å². The number of fused-ring (bicyclic) bond motifs is 3. The predicted octanol–water partition coefficient (Wildman–Crippen LogP) is 8.97. The molecule has 126 heavy (non-hydrogen) atoms. The summed E-state index contributed by atoms with van der Waals surface area (Å²) >= 11 is 0. The predicted molar refractivity (Wildman–Crippen MR) is 452 cm³/mol. The number of rotatable bonds is 43. The van der Waals surface area contributed by atoms with Gasteiger partial charge in [0, 0.05) is 85.6 Å². The maximum atomic E-state index is 15.0. The second kappa shape index (κ2) is 44.8. The highest BCUT2D eigenvalue weighted by Gasteiger charge is 2.55. The normalized spacial score (nSPS) is 18.7. The molecule has 2 aliphatic carbocycles. The largest absolute Gasteiger partial charge is 0.507 e. The Balaban J connectivity index is 0.793. The SMILES string of the molecule is Cc1cccc2c1C(=O)c1c(O)c3c(c(O)c1C2=O)C[C@@](O)(C(=O)CO)C[C@]3(C)O[C@H]1C[C@H](NC(=O)OCc2ccc(CC(=O)[C@H](CC(=O)OCc3ccccc3)NC(=O)[C@@H](CC(=O)[C@H](CCC(=O)OCc3ccccc3)NC(=O)[C@@H](CC(=O)CNC(=O)[C@@H](C)CCCCNC(=O)OCc3ccccc3)CC(=O)OCc3ccccc3)C(C)C)cc2)[C@H](O)[C@H](C)O1. The molecule has 0 bridgehead atoms. The molecule has 0 radical (unpaired) electrons. The van der Waals surface area contributed by atoms with Crippen LogP contribution >= 0.6 is 0 Å². The average molecular weight is 1730 g/mol. The first-order valence-electron chi connectivity index (χ1n) is 41.9. The molecule has 10 N–H and O–H groups in total. The number of unbranched alkanes of at least 4 members (excludes halogenated alkanes) is 1. The number of aliphatic hydroxyl groups is 3. The van der Waals surface area contributed by atoms with Crippen molar-refractivity contribution in [3.05, 3.63) is 236 Å². The minimum Gasteiger partial charge on any atom is -0.507 e. The molecule has 11 atom stereocenters. The van der Waals surface area contributed by atoms with Crippen molar-refractivity contribution in [2.75, 3.05) is 19.7 Å². The number of nitrogens with one attached hydrogen (secondary N) is 5. The van der Waals surface area contributed by atoms with Crippen LogP contribution in [-0.2, 0) is 133 Å². The Labute approximate surface area is 728 Å². The Morgan fingerprint density at radius 3 is 1.66 bits per heavy atom. The van der Waals surface area contributed by atoms with Gasteiger partial charge in [-0.25, -0.2) is 9.59 Å². The third-order valence-electron chi connectivity index (χ3n) is 22.6. The maximum absolute atomic E-state index is 15.0. The molecule has 10 rings (SSSR count). The minimum absolute atomic E-state index is 0.0160. The van der Waals surface area contributed by atoms with Crippen LogP contribution in [-0.4, -0.2) is 170 Å². The molecule has 1 saturated heterocycles. The number of aromatic hydroxyl groups is 2. The van der Waals surface area contributed by atoms with E-state index in [0.29, 0.717) is 52.6 Å². The van der Waals surface area contributed by atoms with Crippen LogP contribution in [0.5, 0.6) is 11.5 Å². The smallest absolute Gasteiger partial charge is 0.407 e. The summed E-state index contributed by atoms with van der Waals surface area (Å²) < 4.78 is 40.1. The van der Waals surface area contributed by atoms with Crippen LogP contribution in [0, 0.1) is 30.6 Å². The number of hydrogen-bond acceptors (Lipinski definition) is 26. The summed E-state index contributed by atoms with van der Waals surface area (Å²) in [5.41, 5.74) is -2.46. The van der Waals surface area contributed by atoms with E-state index >= 15 is 0 Å². The highest BCUT2D eigenvalue weighted by Crippen LogP contribution is 2.55. The highest BCUT2D eigenvalue weighted by molar-refractivity contribution is 6.31. The molecule has 1 aliphatic heterocycles. The van der Waals surface area contributed by atoms with Crippen LogP contribution < -0.4 is 26.6 Å². The second-order valence-corrected chi connectivity index (χ2v) is 32.6. The number of ether oxygens (including phenoxy) is 7. The van der Waals surface area contributed by atoms with Crippen molar-refractivity contribution >= 4 is 82.5 Å². The topological polar surface area (TPSA) is 465 Å². The van der Waals surface area contributed by atoms with Crippen LogP contribution in [0.25, 0.3) is 0 Å². The lowest BCUT2D eigenvalue weighted by molar-refractivity contribution is -0.275. The first-order valence-corrected chi connectivity index (χ1v) is 41.9. The van der Waals surface area contributed by atoms with Gasteiger partial charge in [0.05, 0.1) is 60.7 Å². The van der Waals surface area contributed by atoms with E-state index in [4.69, 9.17) is 33.2 Å². The van der Waals surface area contributed by atoms with E-state index in [-0.39, 0.29) is 68.3 Å². The van der Waals surface area contributed by atoms with Gasteiger partial charge in [0.1, 0.15) is 68.4 Å². The van der Waals surface area contributed by atoms with Gasteiger partial charge in [-0.3, -0.25) is 57.5 Å². The fourth-order valence-corrected chi connectivity index (χ4v) is 15.6. The number of phenols is 2. The molecule has 31 heteroatoms. The Morgan fingerprint density at radius 2 is 1.08 bits per heavy atom. The van der Waals surface area contributed by atoms with E-state index in [9.17, 15) is 92.7 Å². The molecule has 0 aromatic heterocycles. The second-order valence-electron chi connectivity index (χ2n) is 32.6. The van der Waals surface area contributed by atoms with E-state index < -0.39 is 248 Å². The molecule has 7 aromatic rings. The Bertz CT molecular complexity index is 5090. The number of hydrogen-bond donors (Lipinski definition) is 10. The first-order chi connectivity index (χ1) is 60.2. The van der Waals surface area contributed by atoms with Gasteiger partial charge in [-0.05, 0) is 84.9 Å². The number of amides is 5. The van der Waals surface area contributed by atoms with Gasteiger partial charge in [0.25, 0.3) is 0 Å². The number of aryl methyl sites for hydroxylation is 1. The van der Waals surface area contributed by atoms with E-state index in [1.807, 2.05) is 30.3 Å². The molecular formula is C95H107N5O26. The standard InChI is InChI=1S/C95H107N5O26/c1-55(2)68(43-74(104)70(37-38-76(106)120-49-60-24-11-7-12-25-60)98-90(115)65(42-77(107)121-50-61-26-13-8-14-27-61)41-66(102)47-97-89(114)57(4)22-19-20-39-96-92(117)123-52-63-30-17-10-18-31-63)91(116)99-71(44-78(108)122-51-62-28-15-9-16-29-62)73(103)40-59-33-35-64(36-34-59)53-124-93(118)100-72-45-79(125-58(5)84(72)109)126-94(6)54-95(119,75(105)48-101)46-69-83(94)88(113)82-81(86(69)111)85(110)67-32-21-23-56(3)80(67)87(82)112/h7-18,21,23-36,55,57-58,65,68,70-72,79,84,101,109,111,113,119H,19-20,22,37-54H2,1-6H3,(H,96,117)(H,97,114)(H,98,115)(H,99,116)(H,100,118)/t57-,58-,65-,68-,70-,71-,72-,79-,84+,94-,95-/m0/s1. The fourth-order valence-electron chi connectivity index (χ4n) is 15.6. The summed E-state index contributed by atoms with van der Waals surface area (Å²) in [5.74, 6) is -15.4. The van der Waals surface area contributed by atoms with Crippen molar-refractivity contribution in [1.82, 2.24) is 26.6 Å². The Hall–Kier alpha value is -12.7. The summed E-state index contributed by atoms with van der Waals surface area (Å²) in [4.78, 5) is 195. The summed E-state index contributed by atoms with van der Waals surface area (Å²) in [6.07, 6.45) is -9.81. The molecule has 668 valence electrons. The summed E-state index contributed by atoms with van der Waals surface area (Å²) in [7, 11) is 0. The van der Waals surface area contributed by atoms with E-state index in [1.165, 1.54) is 44.2 Å². The van der Waals surface area contributed by atoms with Crippen molar-refractivity contribution < 1.29 is 126 Å². The zero-order valence-corrected chi connectivity index (χ0v) is 71.0. The molecule has 1 fully saturated rings. The molecule has 5 amide bonds. The van der Waals surface area contributed by atoms with E-state index in [2.05, 4.69) is 26.6 Å². The van der Waals surface area contributed by atoms with Gasteiger partial charge >= 0.3 is 30.1 Å². The monoisotopic (exact) mass is 1730 g/mol. The first kappa shape index (κ1) is 95.5. The van der Waals surface area contributed by atoms with Crippen molar-refractivity contribution in [3.8, 4) is 11.5 Å². The van der Waals surface area contributed by atoms with E-state index in [1.54, 1.807) is 131 Å². The van der Waals surface area contributed by atoms with Gasteiger partial charge < -0.3 is 85.3 Å². The molecule has 7 aromatic carbocycles. The number of phenolic OH excluding ortho intramolecular Hbond substituents is 2. The molecular weight excluding hydrogens is 1630 g/mol. The molecule has 3 aliphatic rings. The molecule has 0 unspecified atom stereocenters. The van der Waals surface area contributed by atoms with Gasteiger partial charge in [-0.2, -0.15) is 0 Å². The van der Waals surface area contributed by atoms with Crippen molar-refractivity contribution in [2.45, 2.75) is 206 Å². The van der Waals surface area contributed by atoms with Crippen molar-refractivity contribution in [2.24, 2.45) is 23.7 Å². The number of carbonyl (C=O) groups excluding carboxylic acids is 14. The van der Waals surface area contributed by atoms with Crippen LogP contribution in [0.2, 0.25) is 0 Å². The van der Waals surface area contributed by atoms with Crippen LogP contribution in [0.15, 0.2) is 164 Å². The van der Waals surface area contributed by atoms with Crippen LogP contribution in [0.3, 0.4) is 0 Å². The average Bonchev–Trinajstić information content (AvgIpc) is 0.699. The third-order valence-corrected chi connectivity index (χ3v) is 22.6. The summed E-state index contributed by atoms with van der Waals surface area (Å²) in [6, 6.07) is 41.4. The quantitative estimate of drug-likeness (QED) is 0.00737. The zero-order valence-electron chi connectivity index (χ0n) is 71.0. The van der Waals surface area contributed by atoms with Gasteiger partial charge in [-0.1, -0.05) is 191 Å². The van der Waals surface area contributed by atoms with Crippen LogP contribution in [0.4, 0.5) is 9.59 Å². The number of Topliss-reactive ketones (excluding diaryl/α,β-unsaturated/α-hetero) is 4. The fraction of sp³-hybridized carbons (Fsp3) is 0.411. The number of esters is 3. The maximum Gasteiger partial charge on any atom is 0.407 e. The van der Waals surface area contributed by atoms with Gasteiger partial charge in [-0.15, -0.1) is 0 Å². The number of aliphatic hydroxyl groups excluding tert-OH is 2.